The van der Waals surface area contributed by atoms with Crippen LogP contribution in [0.5, 0.6) is 0 Å². The standard InChI is InChI=1S/C17H15NOS/c1-11-7-9-13(10-8-11)18-12(2)17-16(19)14-5-3-4-6-15(14)20-17/h3-10,17-18H,2H2,1H3/t17-/m0/s1. The van der Waals surface area contributed by atoms with Crippen molar-refractivity contribution in [3.8, 4) is 0 Å². The maximum Gasteiger partial charge on any atom is 0.183 e. The number of carbonyl (C=O) groups is 1. The van der Waals surface area contributed by atoms with Gasteiger partial charge in [0, 0.05) is 21.8 Å². The van der Waals surface area contributed by atoms with Crippen molar-refractivity contribution in [2.75, 3.05) is 5.32 Å². The zero-order chi connectivity index (χ0) is 14.1. The van der Waals surface area contributed by atoms with E-state index in [9.17, 15) is 4.79 Å². The van der Waals surface area contributed by atoms with Crippen molar-refractivity contribution in [3.05, 3.63) is 71.9 Å². The summed E-state index contributed by atoms with van der Waals surface area (Å²) in [5, 5.41) is 3.00. The Labute approximate surface area is 122 Å². The molecule has 2 aromatic carbocycles. The summed E-state index contributed by atoms with van der Waals surface area (Å²) in [6.07, 6.45) is 0. The number of Topliss-reactive ketones (excluding diaryl/α,β-unsaturated/α-hetero) is 1. The minimum atomic E-state index is -0.242. The number of ketones is 1. The predicted molar refractivity (Wildman–Crippen MR) is 84.4 cm³/mol. The summed E-state index contributed by atoms with van der Waals surface area (Å²) in [5.74, 6) is 0.134. The highest BCUT2D eigenvalue weighted by atomic mass is 32.2. The molecule has 1 atom stereocenters. The number of aryl methyl sites for hydroxylation is 1. The van der Waals surface area contributed by atoms with E-state index >= 15 is 0 Å². The average molecular weight is 281 g/mol. The van der Waals surface area contributed by atoms with Gasteiger partial charge in [-0.15, -0.1) is 11.8 Å². The Bertz CT molecular complexity index is 676. The molecule has 2 aromatic rings. The Morgan fingerprint density at radius 2 is 1.85 bits per heavy atom. The number of rotatable bonds is 3. The van der Waals surface area contributed by atoms with Gasteiger partial charge in [0.15, 0.2) is 5.78 Å². The van der Waals surface area contributed by atoms with E-state index < -0.39 is 0 Å². The molecule has 20 heavy (non-hydrogen) atoms. The fourth-order valence-electron chi connectivity index (χ4n) is 2.21. The predicted octanol–water partition coefficient (Wildman–Crippen LogP) is 4.28. The van der Waals surface area contributed by atoms with E-state index in [1.54, 1.807) is 11.8 Å². The number of thioether (sulfide) groups is 1. The zero-order valence-electron chi connectivity index (χ0n) is 11.2. The van der Waals surface area contributed by atoms with Crippen molar-refractivity contribution in [1.29, 1.82) is 0 Å². The Morgan fingerprint density at radius 3 is 2.55 bits per heavy atom. The van der Waals surface area contributed by atoms with Crippen molar-refractivity contribution in [1.82, 2.24) is 0 Å². The highest BCUT2D eigenvalue weighted by Gasteiger charge is 2.33. The summed E-state index contributed by atoms with van der Waals surface area (Å²) in [5.41, 5.74) is 3.71. The number of anilines is 1. The fraction of sp³-hybridized carbons (Fsp3) is 0.118. The maximum absolute atomic E-state index is 12.4. The number of hydrogen-bond donors (Lipinski definition) is 1. The SMILES string of the molecule is C=C(Nc1ccc(C)cc1)[C@@H]1Sc2ccccc2C1=O. The van der Waals surface area contributed by atoms with E-state index in [4.69, 9.17) is 0 Å². The molecule has 0 amide bonds. The van der Waals surface area contributed by atoms with Crippen LogP contribution < -0.4 is 5.32 Å². The van der Waals surface area contributed by atoms with Crippen LogP contribution in [-0.4, -0.2) is 11.0 Å². The van der Waals surface area contributed by atoms with Crippen molar-refractivity contribution in [3.63, 3.8) is 0 Å². The van der Waals surface area contributed by atoms with Crippen LogP contribution in [-0.2, 0) is 0 Å². The van der Waals surface area contributed by atoms with E-state index in [1.807, 2.05) is 55.5 Å². The lowest BCUT2D eigenvalue weighted by Crippen LogP contribution is -2.19. The second-order valence-corrected chi connectivity index (χ2v) is 6.02. The normalized spacial score (nSPS) is 16.9. The summed E-state index contributed by atoms with van der Waals surface area (Å²) in [7, 11) is 0. The van der Waals surface area contributed by atoms with Gasteiger partial charge in [0.2, 0.25) is 0 Å². The molecule has 0 aliphatic carbocycles. The molecular formula is C17H15NOS. The molecule has 0 saturated carbocycles. The largest absolute Gasteiger partial charge is 0.358 e. The van der Waals surface area contributed by atoms with Crippen LogP contribution in [0, 0.1) is 6.92 Å². The van der Waals surface area contributed by atoms with E-state index in [2.05, 4.69) is 11.9 Å². The van der Waals surface area contributed by atoms with E-state index in [-0.39, 0.29) is 11.0 Å². The quantitative estimate of drug-likeness (QED) is 0.910. The van der Waals surface area contributed by atoms with Gasteiger partial charge >= 0.3 is 0 Å². The van der Waals surface area contributed by atoms with Crippen LogP contribution in [0.4, 0.5) is 5.69 Å². The number of benzene rings is 2. The summed E-state index contributed by atoms with van der Waals surface area (Å²) in [6, 6.07) is 15.8. The molecule has 2 nitrogen and oxygen atoms in total. The first-order chi connectivity index (χ1) is 9.65. The topological polar surface area (TPSA) is 29.1 Å². The molecule has 100 valence electrons. The minimum absolute atomic E-state index is 0.134. The molecule has 0 bridgehead atoms. The lowest BCUT2D eigenvalue weighted by atomic mass is 10.1. The Balaban J connectivity index is 1.77. The first-order valence-corrected chi connectivity index (χ1v) is 7.35. The third kappa shape index (κ3) is 2.37. The number of hydrogen-bond acceptors (Lipinski definition) is 3. The molecule has 0 spiro atoms. The van der Waals surface area contributed by atoms with E-state index in [0.29, 0.717) is 0 Å². The molecule has 0 aromatic heterocycles. The van der Waals surface area contributed by atoms with Crippen LogP contribution in [0.3, 0.4) is 0 Å². The van der Waals surface area contributed by atoms with Crippen molar-refractivity contribution in [2.24, 2.45) is 0 Å². The molecule has 3 heteroatoms. The van der Waals surface area contributed by atoms with Crippen molar-refractivity contribution < 1.29 is 4.79 Å². The van der Waals surface area contributed by atoms with Gasteiger partial charge in [-0.05, 0) is 25.1 Å². The maximum atomic E-state index is 12.4. The molecule has 0 unspecified atom stereocenters. The van der Waals surface area contributed by atoms with E-state index in [0.717, 1.165) is 21.8 Å². The highest BCUT2D eigenvalue weighted by molar-refractivity contribution is 8.01. The first-order valence-electron chi connectivity index (χ1n) is 6.47. The third-order valence-corrected chi connectivity index (χ3v) is 4.65. The number of carbonyl (C=O) groups excluding carboxylic acids is 1. The van der Waals surface area contributed by atoms with Crippen molar-refractivity contribution in [2.45, 2.75) is 17.1 Å². The zero-order valence-corrected chi connectivity index (χ0v) is 12.0. The Hall–Kier alpha value is -2.00. The minimum Gasteiger partial charge on any atom is -0.358 e. The number of nitrogens with one attached hydrogen (secondary N) is 1. The van der Waals surface area contributed by atoms with Gasteiger partial charge in [-0.1, -0.05) is 42.5 Å². The summed E-state index contributed by atoms with van der Waals surface area (Å²) < 4.78 is 0. The molecule has 1 heterocycles. The van der Waals surface area contributed by atoms with Gasteiger partial charge in [0.1, 0.15) is 5.25 Å². The van der Waals surface area contributed by atoms with Crippen LogP contribution in [0.2, 0.25) is 0 Å². The number of fused-ring (bicyclic) bond motifs is 1. The monoisotopic (exact) mass is 281 g/mol. The second kappa shape index (κ2) is 5.17. The van der Waals surface area contributed by atoms with Gasteiger partial charge < -0.3 is 5.32 Å². The molecule has 0 saturated heterocycles. The lowest BCUT2D eigenvalue weighted by molar-refractivity contribution is 0.100. The highest BCUT2D eigenvalue weighted by Crippen LogP contribution is 2.39. The van der Waals surface area contributed by atoms with Crippen LogP contribution in [0.25, 0.3) is 0 Å². The van der Waals surface area contributed by atoms with E-state index in [1.165, 1.54) is 5.56 Å². The lowest BCUT2D eigenvalue weighted by Gasteiger charge is -2.14. The Morgan fingerprint density at radius 1 is 1.15 bits per heavy atom. The summed E-state index contributed by atoms with van der Waals surface area (Å²) in [6.45, 7) is 6.08. The Kier molecular flexibility index (Phi) is 3.36. The summed E-state index contributed by atoms with van der Waals surface area (Å²) in [4.78, 5) is 13.4. The van der Waals surface area contributed by atoms with Gasteiger partial charge in [0.25, 0.3) is 0 Å². The molecule has 0 fully saturated rings. The van der Waals surface area contributed by atoms with Gasteiger partial charge in [-0.2, -0.15) is 0 Å². The molecule has 1 N–H and O–H groups in total. The molecule has 1 aliphatic heterocycles. The molecule has 3 rings (SSSR count). The smallest absolute Gasteiger partial charge is 0.183 e. The average Bonchev–Trinajstić information content (AvgIpc) is 2.79. The fourth-order valence-corrected chi connectivity index (χ4v) is 3.35. The third-order valence-electron chi connectivity index (χ3n) is 3.31. The van der Waals surface area contributed by atoms with Gasteiger partial charge in [-0.3, -0.25) is 4.79 Å². The van der Waals surface area contributed by atoms with Gasteiger partial charge in [0.05, 0.1) is 0 Å². The molecular weight excluding hydrogens is 266 g/mol. The van der Waals surface area contributed by atoms with Gasteiger partial charge in [-0.25, -0.2) is 0 Å². The van der Waals surface area contributed by atoms with Crippen LogP contribution in [0.1, 0.15) is 15.9 Å². The van der Waals surface area contributed by atoms with Crippen molar-refractivity contribution >= 4 is 23.2 Å². The molecule has 1 aliphatic rings. The first kappa shape index (κ1) is 13.0. The van der Waals surface area contributed by atoms with Crippen LogP contribution in [0.15, 0.2) is 65.7 Å². The second-order valence-electron chi connectivity index (χ2n) is 4.87. The summed E-state index contributed by atoms with van der Waals surface area (Å²) >= 11 is 1.56. The molecule has 0 radical (unpaired) electrons. The van der Waals surface area contributed by atoms with Crippen LogP contribution >= 0.6 is 11.8 Å².